The highest BCUT2D eigenvalue weighted by Crippen LogP contribution is 2.19. The van der Waals surface area contributed by atoms with Gasteiger partial charge in [0, 0.05) is 19.1 Å². The Morgan fingerprint density at radius 2 is 2.35 bits per heavy atom. The van der Waals surface area contributed by atoms with Crippen LogP contribution in [0.4, 0.5) is 0 Å². The fourth-order valence-corrected chi connectivity index (χ4v) is 3.07. The van der Waals surface area contributed by atoms with Crippen molar-refractivity contribution in [1.82, 2.24) is 10.2 Å². The summed E-state index contributed by atoms with van der Waals surface area (Å²) in [6, 6.07) is 0.212. The van der Waals surface area contributed by atoms with E-state index in [9.17, 15) is 4.79 Å². The largest absolute Gasteiger partial charge is 0.355 e. The lowest BCUT2D eigenvalue weighted by molar-refractivity contribution is -0.122. The molecule has 3 N–H and O–H groups in total. The minimum atomic E-state index is 0.142. The standard InChI is InChI=1S/C16H29N3O/c1-13-8-10-19(11-15(13)17)12-16(20)18-9-7-14-5-3-2-4-6-14/h5,13,15H,2-4,6-12,17H2,1H3,(H,18,20). The SMILES string of the molecule is CC1CCN(CC(=O)NCCC2=CCCCC2)CC1N. The molecular weight excluding hydrogens is 250 g/mol. The van der Waals surface area contributed by atoms with Crippen molar-refractivity contribution in [3.63, 3.8) is 0 Å². The third-order valence-electron chi connectivity index (χ3n) is 4.62. The Bertz CT molecular complexity index is 354. The molecular formula is C16H29N3O. The third-order valence-corrected chi connectivity index (χ3v) is 4.62. The number of amides is 1. The Morgan fingerprint density at radius 3 is 3.05 bits per heavy atom. The van der Waals surface area contributed by atoms with Gasteiger partial charge in [-0.1, -0.05) is 18.6 Å². The van der Waals surface area contributed by atoms with Gasteiger partial charge in [-0.05, 0) is 51.0 Å². The molecule has 2 atom stereocenters. The molecule has 0 aromatic heterocycles. The van der Waals surface area contributed by atoms with E-state index in [0.717, 1.165) is 32.5 Å². The van der Waals surface area contributed by atoms with Gasteiger partial charge in [-0.2, -0.15) is 0 Å². The van der Waals surface area contributed by atoms with Gasteiger partial charge in [0.25, 0.3) is 0 Å². The normalized spacial score (nSPS) is 28.0. The van der Waals surface area contributed by atoms with Crippen LogP contribution in [0.1, 0.15) is 45.4 Å². The highest BCUT2D eigenvalue weighted by molar-refractivity contribution is 5.78. The smallest absolute Gasteiger partial charge is 0.234 e. The minimum Gasteiger partial charge on any atom is -0.355 e. The van der Waals surface area contributed by atoms with Gasteiger partial charge in [0.2, 0.25) is 5.91 Å². The van der Waals surface area contributed by atoms with Crippen molar-refractivity contribution in [2.24, 2.45) is 11.7 Å². The molecule has 1 fully saturated rings. The van der Waals surface area contributed by atoms with Gasteiger partial charge < -0.3 is 11.1 Å². The average molecular weight is 279 g/mol. The zero-order valence-corrected chi connectivity index (χ0v) is 12.7. The van der Waals surface area contributed by atoms with Crippen LogP contribution in [0.5, 0.6) is 0 Å². The molecule has 2 aliphatic rings. The maximum absolute atomic E-state index is 11.9. The second-order valence-corrected chi connectivity index (χ2v) is 6.37. The number of nitrogens with two attached hydrogens (primary N) is 1. The number of allylic oxidation sites excluding steroid dienone is 1. The molecule has 1 heterocycles. The summed E-state index contributed by atoms with van der Waals surface area (Å²) < 4.78 is 0. The van der Waals surface area contributed by atoms with E-state index in [1.165, 1.54) is 31.3 Å². The molecule has 4 heteroatoms. The molecule has 0 aromatic rings. The number of hydrogen-bond acceptors (Lipinski definition) is 3. The Morgan fingerprint density at radius 1 is 1.50 bits per heavy atom. The lowest BCUT2D eigenvalue weighted by atomic mass is 9.94. The first-order chi connectivity index (χ1) is 9.65. The van der Waals surface area contributed by atoms with Crippen molar-refractivity contribution < 1.29 is 4.79 Å². The van der Waals surface area contributed by atoms with E-state index < -0.39 is 0 Å². The molecule has 4 nitrogen and oxygen atoms in total. The van der Waals surface area contributed by atoms with Gasteiger partial charge >= 0.3 is 0 Å². The monoisotopic (exact) mass is 279 g/mol. The second kappa shape index (κ2) is 7.79. The predicted molar refractivity (Wildman–Crippen MR) is 82.4 cm³/mol. The number of hydrogen-bond donors (Lipinski definition) is 2. The number of likely N-dealkylation sites (tertiary alicyclic amines) is 1. The molecule has 1 amide bonds. The molecule has 1 aliphatic heterocycles. The zero-order chi connectivity index (χ0) is 14.4. The van der Waals surface area contributed by atoms with Crippen LogP contribution in [-0.4, -0.2) is 43.0 Å². The lowest BCUT2D eigenvalue weighted by Gasteiger charge is -2.34. The Labute approximate surface area is 122 Å². The molecule has 114 valence electrons. The fourth-order valence-electron chi connectivity index (χ4n) is 3.07. The highest BCUT2D eigenvalue weighted by Gasteiger charge is 2.24. The summed E-state index contributed by atoms with van der Waals surface area (Å²) in [6.07, 6.45) is 9.53. The topological polar surface area (TPSA) is 58.4 Å². The fraction of sp³-hybridized carbons (Fsp3) is 0.812. The van der Waals surface area contributed by atoms with E-state index in [0.29, 0.717) is 12.5 Å². The van der Waals surface area contributed by atoms with Gasteiger partial charge in [0.15, 0.2) is 0 Å². The molecule has 2 unspecified atom stereocenters. The molecule has 0 saturated carbocycles. The van der Waals surface area contributed by atoms with E-state index in [-0.39, 0.29) is 11.9 Å². The minimum absolute atomic E-state index is 0.142. The van der Waals surface area contributed by atoms with E-state index in [2.05, 4.69) is 23.2 Å². The van der Waals surface area contributed by atoms with Crippen molar-refractivity contribution in [2.75, 3.05) is 26.2 Å². The Kier molecular flexibility index (Phi) is 6.05. The number of rotatable bonds is 5. The molecule has 1 aliphatic carbocycles. The lowest BCUT2D eigenvalue weighted by Crippen LogP contribution is -2.50. The van der Waals surface area contributed by atoms with Gasteiger partial charge in [-0.25, -0.2) is 0 Å². The van der Waals surface area contributed by atoms with Gasteiger partial charge in [0.05, 0.1) is 6.54 Å². The van der Waals surface area contributed by atoms with Crippen LogP contribution in [0.2, 0.25) is 0 Å². The summed E-state index contributed by atoms with van der Waals surface area (Å²) in [5.74, 6) is 0.718. The van der Waals surface area contributed by atoms with Crippen LogP contribution in [0.3, 0.4) is 0 Å². The number of nitrogens with zero attached hydrogens (tertiary/aromatic N) is 1. The molecule has 0 radical (unpaired) electrons. The van der Waals surface area contributed by atoms with Gasteiger partial charge in [-0.3, -0.25) is 9.69 Å². The van der Waals surface area contributed by atoms with Gasteiger partial charge in [-0.15, -0.1) is 0 Å². The van der Waals surface area contributed by atoms with Crippen molar-refractivity contribution in [3.05, 3.63) is 11.6 Å². The average Bonchev–Trinajstić information content (AvgIpc) is 2.44. The summed E-state index contributed by atoms with van der Waals surface area (Å²) in [5.41, 5.74) is 7.58. The maximum atomic E-state index is 11.9. The summed E-state index contributed by atoms with van der Waals surface area (Å²) in [4.78, 5) is 14.1. The molecule has 1 saturated heterocycles. The molecule has 0 spiro atoms. The Balaban J connectivity index is 1.61. The molecule has 0 aromatic carbocycles. The van der Waals surface area contributed by atoms with E-state index in [4.69, 9.17) is 5.73 Å². The first kappa shape index (κ1) is 15.5. The number of carbonyl (C=O) groups excluding carboxylic acids is 1. The summed E-state index contributed by atoms with van der Waals surface area (Å²) in [7, 11) is 0. The van der Waals surface area contributed by atoms with Crippen LogP contribution in [-0.2, 0) is 4.79 Å². The Hall–Kier alpha value is -0.870. The number of piperidine rings is 1. The second-order valence-electron chi connectivity index (χ2n) is 6.37. The zero-order valence-electron chi connectivity index (χ0n) is 12.7. The maximum Gasteiger partial charge on any atom is 0.234 e. The quantitative estimate of drug-likeness (QED) is 0.753. The molecule has 20 heavy (non-hydrogen) atoms. The van der Waals surface area contributed by atoms with Crippen LogP contribution in [0.25, 0.3) is 0 Å². The first-order valence-corrected chi connectivity index (χ1v) is 8.07. The van der Waals surface area contributed by atoms with Crippen LogP contribution < -0.4 is 11.1 Å². The number of carbonyl (C=O) groups is 1. The van der Waals surface area contributed by atoms with Crippen molar-refractivity contribution >= 4 is 5.91 Å². The van der Waals surface area contributed by atoms with E-state index in [1.807, 2.05) is 0 Å². The highest BCUT2D eigenvalue weighted by atomic mass is 16.2. The van der Waals surface area contributed by atoms with E-state index >= 15 is 0 Å². The summed E-state index contributed by atoms with van der Waals surface area (Å²) in [6.45, 7) is 5.31. The summed E-state index contributed by atoms with van der Waals surface area (Å²) >= 11 is 0. The van der Waals surface area contributed by atoms with Crippen LogP contribution in [0, 0.1) is 5.92 Å². The predicted octanol–water partition coefficient (Wildman–Crippen LogP) is 1.66. The first-order valence-electron chi connectivity index (χ1n) is 8.07. The van der Waals surface area contributed by atoms with Crippen molar-refractivity contribution in [1.29, 1.82) is 0 Å². The number of nitrogens with one attached hydrogen (secondary N) is 1. The molecule has 2 rings (SSSR count). The molecule has 0 bridgehead atoms. The van der Waals surface area contributed by atoms with E-state index in [1.54, 1.807) is 0 Å². The van der Waals surface area contributed by atoms with Crippen LogP contribution in [0.15, 0.2) is 11.6 Å². The van der Waals surface area contributed by atoms with Crippen LogP contribution >= 0.6 is 0 Å². The van der Waals surface area contributed by atoms with Crippen molar-refractivity contribution in [3.8, 4) is 0 Å². The van der Waals surface area contributed by atoms with Gasteiger partial charge in [0.1, 0.15) is 0 Å². The van der Waals surface area contributed by atoms with Crippen molar-refractivity contribution in [2.45, 2.75) is 51.5 Å². The summed E-state index contributed by atoms with van der Waals surface area (Å²) in [5, 5.41) is 3.04. The third kappa shape index (κ3) is 4.91.